The lowest BCUT2D eigenvalue weighted by atomic mass is 10.1. The van der Waals surface area contributed by atoms with Crippen molar-refractivity contribution in [3.63, 3.8) is 0 Å². The number of likely N-dealkylation sites (N-methyl/N-ethyl adjacent to an activating group) is 1. The Morgan fingerprint density at radius 3 is 2.53 bits per heavy atom. The summed E-state index contributed by atoms with van der Waals surface area (Å²) in [4.78, 5) is 17.6. The molecule has 0 radical (unpaired) electrons. The molecule has 3 nitrogen and oxygen atoms in total. The fourth-order valence-corrected chi connectivity index (χ4v) is 1.74. The Morgan fingerprint density at radius 2 is 1.88 bits per heavy atom. The lowest BCUT2D eigenvalue weighted by molar-refractivity contribution is -0.116. The summed E-state index contributed by atoms with van der Waals surface area (Å²) in [6, 6.07) is 6.09. The third kappa shape index (κ3) is 2.73. The molecular formula is C14H20N2O. The topological polar surface area (TPSA) is 32.7 Å². The summed E-state index contributed by atoms with van der Waals surface area (Å²) in [5.41, 5.74) is 4.10. The van der Waals surface area contributed by atoms with Gasteiger partial charge in [-0.05, 0) is 25.5 Å². The van der Waals surface area contributed by atoms with E-state index in [1.807, 2.05) is 45.9 Å². The van der Waals surface area contributed by atoms with Gasteiger partial charge in [0.1, 0.15) is 6.54 Å². The van der Waals surface area contributed by atoms with Gasteiger partial charge >= 0.3 is 0 Å². The van der Waals surface area contributed by atoms with Crippen LogP contribution in [-0.2, 0) is 4.79 Å². The van der Waals surface area contributed by atoms with Crippen LogP contribution in [0, 0.1) is 6.92 Å². The first-order valence-electron chi connectivity index (χ1n) is 5.98. The lowest BCUT2D eigenvalue weighted by Crippen LogP contribution is -2.27. The van der Waals surface area contributed by atoms with Gasteiger partial charge in [-0.3, -0.25) is 9.79 Å². The van der Waals surface area contributed by atoms with Crippen LogP contribution in [0.4, 0.5) is 5.69 Å². The second kappa shape index (κ2) is 5.62. The van der Waals surface area contributed by atoms with E-state index in [0.29, 0.717) is 0 Å². The zero-order valence-electron chi connectivity index (χ0n) is 11.2. The summed E-state index contributed by atoms with van der Waals surface area (Å²) >= 11 is 0. The fraction of sp³-hybridized carbons (Fsp3) is 0.429. The van der Waals surface area contributed by atoms with Gasteiger partial charge in [0.05, 0.1) is 5.69 Å². The second-order valence-corrected chi connectivity index (χ2v) is 3.87. The minimum absolute atomic E-state index is 0.0405. The molecule has 0 atom stereocenters. The first kappa shape index (κ1) is 13.4. The van der Waals surface area contributed by atoms with Crippen LogP contribution < -0.4 is 4.90 Å². The van der Waals surface area contributed by atoms with Crippen molar-refractivity contribution < 1.29 is 4.79 Å². The maximum atomic E-state index is 11.7. The summed E-state index contributed by atoms with van der Waals surface area (Å²) in [5, 5.41) is 0. The van der Waals surface area contributed by atoms with E-state index in [-0.39, 0.29) is 12.5 Å². The highest BCUT2D eigenvalue weighted by Crippen LogP contribution is 2.24. The number of carbonyl (C=O) groups excluding carboxylic acids is 1. The number of nitrogens with zero attached hydrogens (tertiary/aromatic N) is 2. The van der Waals surface area contributed by atoms with Gasteiger partial charge in [0, 0.05) is 18.3 Å². The molecule has 92 valence electrons. The SMILES string of the molecule is CC.CC1=NCC(=O)N(C)c2cc(C)ccc21. The first-order valence-corrected chi connectivity index (χ1v) is 5.98. The number of aliphatic imine (C=N–C) groups is 1. The Bertz CT molecular complexity index is 450. The number of hydrogen-bond acceptors (Lipinski definition) is 2. The Hall–Kier alpha value is -1.64. The van der Waals surface area contributed by atoms with Gasteiger partial charge < -0.3 is 4.90 Å². The summed E-state index contributed by atoms with van der Waals surface area (Å²) < 4.78 is 0. The minimum Gasteiger partial charge on any atom is -0.313 e. The van der Waals surface area contributed by atoms with Crippen molar-refractivity contribution in [3.05, 3.63) is 29.3 Å². The van der Waals surface area contributed by atoms with E-state index in [2.05, 4.69) is 4.99 Å². The highest BCUT2D eigenvalue weighted by Gasteiger charge is 2.18. The largest absolute Gasteiger partial charge is 0.313 e. The Morgan fingerprint density at radius 1 is 1.24 bits per heavy atom. The molecule has 1 aliphatic heterocycles. The van der Waals surface area contributed by atoms with Gasteiger partial charge in [-0.15, -0.1) is 0 Å². The standard InChI is InChI=1S/C12H14N2O.C2H6/c1-8-4-5-10-9(2)13-7-12(15)14(3)11(10)6-8;1-2/h4-6H,7H2,1-3H3;1-2H3. The van der Waals surface area contributed by atoms with Crippen LogP contribution in [0.3, 0.4) is 0 Å². The molecule has 0 unspecified atom stereocenters. The normalized spacial score (nSPS) is 14.3. The molecule has 1 aromatic carbocycles. The zero-order chi connectivity index (χ0) is 13.0. The number of amides is 1. The van der Waals surface area contributed by atoms with Gasteiger partial charge in [-0.25, -0.2) is 0 Å². The zero-order valence-corrected chi connectivity index (χ0v) is 11.2. The predicted molar refractivity (Wildman–Crippen MR) is 73.0 cm³/mol. The van der Waals surface area contributed by atoms with Gasteiger partial charge in [-0.1, -0.05) is 26.0 Å². The van der Waals surface area contributed by atoms with E-state index in [1.165, 1.54) is 0 Å². The van der Waals surface area contributed by atoms with E-state index in [1.54, 1.807) is 11.9 Å². The smallest absolute Gasteiger partial charge is 0.248 e. The van der Waals surface area contributed by atoms with Gasteiger partial charge in [0.25, 0.3) is 0 Å². The number of benzodiazepines with no additional fused rings is 1. The van der Waals surface area contributed by atoms with Crippen LogP contribution in [0.2, 0.25) is 0 Å². The summed E-state index contributed by atoms with van der Waals surface area (Å²) in [6.45, 7) is 8.21. The van der Waals surface area contributed by atoms with Crippen LogP contribution in [0.25, 0.3) is 0 Å². The van der Waals surface area contributed by atoms with Crippen LogP contribution >= 0.6 is 0 Å². The van der Waals surface area contributed by atoms with Crippen molar-refractivity contribution in [1.29, 1.82) is 0 Å². The van der Waals surface area contributed by atoms with E-state index in [4.69, 9.17) is 0 Å². The highest BCUT2D eigenvalue weighted by atomic mass is 16.2. The molecule has 1 heterocycles. The van der Waals surface area contributed by atoms with E-state index < -0.39 is 0 Å². The van der Waals surface area contributed by atoms with Crippen molar-refractivity contribution in [2.75, 3.05) is 18.5 Å². The van der Waals surface area contributed by atoms with Crippen molar-refractivity contribution in [3.8, 4) is 0 Å². The number of fused-ring (bicyclic) bond motifs is 1. The lowest BCUT2D eigenvalue weighted by Gasteiger charge is -2.17. The maximum Gasteiger partial charge on any atom is 0.248 e. The van der Waals surface area contributed by atoms with E-state index >= 15 is 0 Å². The molecule has 0 N–H and O–H groups in total. The second-order valence-electron chi connectivity index (χ2n) is 3.87. The molecule has 17 heavy (non-hydrogen) atoms. The minimum atomic E-state index is 0.0405. The van der Waals surface area contributed by atoms with E-state index in [0.717, 1.165) is 22.5 Å². The number of anilines is 1. The number of carbonyl (C=O) groups is 1. The molecule has 0 fully saturated rings. The van der Waals surface area contributed by atoms with Crippen LogP contribution in [0.1, 0.15) is 31.9 Å². The first-order chi connectivity index (χ1) is 8.09. The Kier molecular flexibility index (Phi) is 4.44. The molecular weight excluding hydrogens is 212 g/mol. The molecule has 0 aliphatic carbocycles. The van der Waals surface area contributed by atoms with Crippen molar-refractivity contribution >= 4 is 17.3 Å². The molecule has 1 aromatic rings. The number of rotatable bonds is 0. The van der Waals surface area contributed by atoms with Crippen LogP contribution in [-0.4, -0.2) is 25.2 Å². The Balaban J connectivity index is 0.000000686. The molecule has 2 rings (SSSR count). The van der Waals surface area contributed by atoms with Crippen molar-refractivity contribution in [2.24, 2.45) is 4.99 Å². The van der Waals surface area contributed by atoms with Crippen molar-refractivity contribution in [2.45, 2.75) is 27.7 Å². The predicted octanol–water partition coefficient (Wildman–Crippen LogP) is 2.81. The average Bonchev–Trinajstić information content (AvgIpc) is 2.45. The van der Waals surface area contributed by atoms with Crippen molar-refractivity contribution in [1.82, 2.24) is 0 Å². The summed E-state index contributed by atoms with van der Waals surface area (Å²) in [7, 11) is 1.80. The van der Waals surface area contributed by atoms with Crippen LogP contribution in [0.5, 0.6) is 0 Å². The maximum absolute atomic E-state index is 11.7. The molecule has 3 heteroatoms. The fourth-order valence-electron chi connectivity index (χ4n) is 1.74. The molecule has 0 saturated heterocycles. The van der Waals surface area contributed by atoms with E-state index in [9.17, 15) is 4.79 Å². The van der Waals surface area contributed by atoms with Gasteiger partial charge in [-0.2, -0.15) is 0 Å². The van der Waals surface area contributed by atoms with Gasteiger partial charge in [0.2, 0.25) is 5.91 Å². The molecule has 0 aromatic heterocycles. The summed E-state index contributed by atoms with van der Waals surface area (Å²) in [6.07, 6.45) is 0. The number of aryl methyl sites for hydroxylation is 1. The summed E-state index contributed by atoms with van der Waals surface area (Å²) in [5.74, 6) is 0.0405. The molecule has 1 aliphatic rings. The molecule has 0 spiro atoms. The number of hydrogen-bond donors (Lipinski definition) is 0. The molecule has 1 amide bonds. The highest BCUT2D eigenvalue weighted by molar-refractivity contribution is 6.10. The third-order valence-corrected chi connectivity index (χ3v) is 2.73. The van der Waals surface area contributed by atoms with Gasteiger partial charge in [0.15, 0.2) is 0 Å². The molecule has 0 bridgehead atoms. The third-order valence-electron chi connectivity index (χ3n) is 2.73. The average molecular weight is 232 g/mol. The number of benzene rings is 1. The Labute approximate surface area is 103 Å². The quantitative estimate of drug-likeness (QED) is 0.677. The monoisotopic (exact) mass is 232 g/mol. The molecule has 0 saturated carbocycles. The van der Waals surface area contributed by atoms with Crippen LogP contribution in [0.15, 0.2) is 23.2 Å².